The molecule has 0 aromatic heterocycles. The van der Waals surface area contributed by atoms with E-state index >= 15 is 0 Å². The summed E-state index contributed by atoms with van der Waals surface area (Å²) >= 11 is 0. The van der Waals surface area contributed by atoms with Crippen LogP contribution in [-0.2, 0) is 27.9 Å². The van der Waals surface area contributed by atoms with Crippen molar-refractivity contribution in [3.63, 3.8) is 0 Å². The fourth-order valence-corrected chi connectivity index (χ4v) is 8.15. The molecule has 416 valence electrons. The predicted octanol–water partition coefficient (Wildman–Crippen LogP) is 16.9. The van der Waals surface area contributed by atoms with E-state index in [4.69, 9.17) is 13.8 Å². The van der Waals surface area contributed by atoms with Crippen LogP contribution in [0.25, 0.3) is 0 Å². The first-order valence-corrected chi connectivity index (χ1v) is 30.3. The number of carbonyl (C=O) groups excluding carboxylic acids is 2. The van der Waals surface area contributed by atoms with Gasteiger partial charge in [0.15, 0.2) is 0 Å². The van der Waals surface area contributed by atoms with Gasteiger partial charge in [0, 0.05) is 12.8 Å². The second-order valence-corrected chi connectivity index (χ2v) is 21.5. The molecule has 1 N–H and O–H groups in total. The van der Waals surface area contributed by atoms with Gasteiger partial charge in [0.25, 0.3) is 7.82 Å². The second-order valence-electron chi connectivity index (χ2n) is 20.1. The van der Waals surface area contributed by atoms with E-state index in [-0.39, 0.29) is 31.3 Å². The smallest absolute Gasteiger partial charge is 0.306 e. The molecule has 0 aromatic carbocycles. The Hall–Kier alpha value is -3.59. The maximum atomic E-state index is 13.5. The monoisotopic (exact) mass is 1030 g/mol. The normalized spacial score (nSPS) is 14.7. The quantitative estimate of drug-likeness (QED) is 0.0212. The summed E-state index contributed by atoms with van der Waals surface area (Å²) in [7, 11) is 1.11. The zero-order chi connectivity index (χ0) is 53.6. The molecule has 0 radical (unpaired) electrons. The summed E-state index contributed by atoms with van der Waals surface area (Å²) in [4.78, 5) is 39.8. The lowest BCUT2D eigenvalue weighted by molar-refractivity contribution is -0.870. The van der Waals surface area contributed by atoms with E-state index in [0.29, 0.717) is 23.9 Å². The minimum absolute atomic E-state index is 0.0463. The van der Waals surface area contributed by atoms with Gasteiger partial charge in [-0.15, -0.1) is 0 Å². The van der Waals surface area contributed by atoms with Gasteiger partial charge in [-0.05, 0) is 109 Å². The van der Waals surface area contributed by atoms with Crippen molar-refractivity contribution in [2.45, 2.75) is 226 Å². The van der Waals surface area contributed by atoms with E-state index < -0.39 is 26.6 Å². The van der Waals surface area contributed by atoms with Crippen LogP contribution >= 0.6 is 7.82 Å². The van der Waals surface area contributed by atoms with Crippen molar-refractivity contribution in [2.75, 3.05) is 40.9 Å². The lowest BCUT2D eigenvalue weighted by Crippen LogP contribution is -2.47. The summed E-state index contributed by atoms with van der Waals surface area (Å²) < 4.78 is 30.1. The molecule has 0 aromatic rings. The van der Waals surface area contributed by atoms with Crippen LogP contribution in [-0.4, -0.2) is 69.4 Å². The minimum Gasteiger partial charge on any atom is -0.756 e. The van der Waals surface area contributed by atoms with Gasteiger partial charge in [0.1, 0.15) is 19.3 Å². The number of allylic oxidation sites excluding steroid dienone is 19. The summed E-state index contributed by atoms with van der Waals surface area (Å²) in [6.45, 7) is 6.59. The van der Waals surface area contributed by atoms with E-state index in [9.17, 15) is 19.0 Å². The topological polar surface area (TPSA) is 114 Å². The van der Waals surface area contributed by atoms with Gasteiger partial charge in [0.05, 0.1) is 33.8 Å². The molecule has 0 bridgehead atoms. The molecular weight excluding hydrogens is 928 g/mol. The number of phosphoric acid groups is 1. The standard InChI is InChI=1S/C63H107N2O7P/c1-7-10-13-16-19-22-25-27-29-31-32-34-35-37-40-43-46-49-52-55-62(66)64-60(59-71-73(68,69)70-58-57-65(4,5)6)61(54-51-48-45-42-39-24-21-18-15-12-9-3)72-63(67)56-53-50-47-44-41-38-36-33-30-28-26-23-20-17-14-11-8-2/h10,13,19-20,22-23,27-30,32,34,36-38,40,46,49,51,54,60-61H,7-9,11-12,14-18,21,24-26,31,33,35,39,41-45,47-48,50,52-53,55-59H2,1-6H3,(H-,64,66,68,69)/b13-10-,22-19-,23-20-,29-27-,30-28-,34-32-,38-36-,40-37-,49-46-,54-51+. The first-order valence-electron chi connectivity index (χ1n) is 28.8. The minimum atomic E-state index is -4.73. The van der Waals surface area contributed by atoms with Crippen molar-refractivity contribution in [2.24, 2.45) is 0 Å². The van der Waals surface area contributed by atoms with E-state index in [1.807, 2.05) is 39.4 Å². The Balaban J connectivity index is 5.48. The van der Waals surface area contributed by atoms with Crippen LogP contribution in [0.2, 0.25) is 0 Å². The maximum Gasteiger partial charge on any atom is 0.306 e. The molecular formula is C63H107N2O7P. The lowest BCUT2D eigenvalue weighted by Gasteiger charge is -2.30. The molecule has 0 aliphatic heterocycles. The highest BCUT2D eigenvalue weighted by molar-refractivity contribution is 7.45. The van der Waals surface area contributed by atoms with Crippen molar-refractivity contribution in [1.29, 1.82) is 0 Å². The van der Waals surface area contributed by atoms with Gasteiger partial charge in [-0.2, -0.15) is 0 Å². The Kier molecular flexibility index (Phi) is 49.3. The molecule has 0 spiro atoms. The fraction of sp³-hybridized carbons (Fsp3) is 0.651. The Morgan fingerprint density at radius 1 is 0.493 bits per heavy atom. The SMILES string of the molecule is CC/C=C\C/C=C\C/C=C\C/C=C\C/C=C\C/C=C\CCC(=O)NC(COP(=O)([O-])OCC[N+](C)(C)C)C(/C=C/CCCCCCCCCCC)OC(=O)CCCCCC/C=C\C/C=C\C/C=C\CCCCC. The molecule has 0 aliphatic carbocycles. The third-order valence-electron chi connectivity index (χ3n) is 11.9. The Morgan fingerprint density at radius 3 is 1.37 bits per heavy atom. The molecule has 3 unspecified atom stereocenters. The number of phosphoric ester groups is 1. The summed E-state index contributed by atoms with van der Waals surface area (Å²) in [5.74, 6) is -0.675. The highest BCUT2D eigenvalue weighted by atomic mass is 31.2. The highest BCUT2D eigenvalue weighted by Crippen LogP contribution is 2.38. The maximum absolute atomic E-state index is 13.5. The Morgan fingerprint density at radius 2 is 0.890 bits per heavy atom. The lowest BCUT2D eigenvalue weighted by atomic mass is 10.1. The van der Waals surface area contributed by atoms with E-state index in [0.717, 1.165) is 96.3 Å². The van der Waals surface area contributed by atoms with Crippen molar-refractivity contribution in [3.05, 3.63) is 122 Å². The first-order chi connectivity index (χ1) is 35.4. The number of nitrogens with one attached hydrogen (secondary N) is 1. The van der Waals surface area contributed by atoms with E-state index in [1.165, 1.54) is 70.6 Å². The Bertz CT molecular complexity index is 1660. The summed E-state index contributed by atoms with van der Waals surface area (Å²) in [5.41, 5.74) is 0. The highest BCUT2D eigenvalue weighted by Gasteiger charge is 2.27. The van der Waals surface area contributed by atoms with Gasteiger partial charge in [-0.25, -0.2) is 0 Å². The van der Waals surface area contributed by atoms with Gasteiger partial charge >= 0.3 is 5.97 Å². The van der Waals surface area contributed by atoms with Crippen molar-refractivity contribution < 1.29 is 37.3 Å². The van der Waals surface area contributed by atoms with Crippen molar-refractivity contribution in [1.82, 2.24) is 5.32 Å². The van der Waals surface area contributed by atoms with Crippen LogP contribution < -0.4 is 10.2 Å². The predicted molar refractivity (Wildman–Crippen MR) is 311 cm³/mol. The number of rotatable bonds is 50. The van der Waals surface area contributed by atoms with Crippen LogP contribution in [0.3, 0.4) is 0 Å². The van der Waals surface area contributed by atoms with E-state index in [1.54, 1.807) is 6.08 Å². The van der Waals surface area contributed by atoms with Crippen LogP contribution in [0.5, 0.6) is 0 Å². The molecule has 1 amide bonds. The number of amides is 1. The van der Waals surface area contributed by atoms with Gasteiger partial charge < -0.3 is 28.5 Å². The van der Waals surface area contributed by atoms with Crippen LogP contribution in [0.1, 0.15) is 213 Å². The number of ether oxygens (including phenoxy) is 1. The van der Waals surface area contributed by atoms with Crippen LogP contribution in [0.4, 0.5) is 0 Å². The zero-order valence-electron chi connectivity index (χ0n) is 47.3. The number of likely N-dealkylation sites (N-methyl/N-ethyl adjacent to an activating group) is 1. The van der Waals surface area contributed by atoms with Gasteiger partial charge in [0.2, 0.25) is 5.91 Å². The average Bonchev–Trinajstić information content (AvgIpc) is 3.35. The van der Waals surface area contributed by atoms with Crippen molar-refractivity contribution in [3.8, 4) is 0 Å². The zero-order valence-corrected chi connectivity index (χ0v) is 48.2. The third kappa shape index (κ3) is 53.1. The van der Waals surface area contributed by atoms with Crippen LogP contribution in [0.15, 0.2) is 122 Å². The van der Waals surface area contributed by atoms with E-state index in [2.05, 4.69) is 123 Å². The second kappa shape index (κ2) is 51.9. The van der Waals surface area contributed by atoms with Crippen molar-refractivity contribution >= 4 is 19.7 Å². The van der Waals surface area contributed by atoms with Gasteiger partial charge in [-0.3, -0.25) is 14.2 Å². The molecule has 73 heavy (non-hydrogen) atoms. The number of nitrogens with zero attached hydrogens (tertiary/aromatic N) is 1. The molecule has 3 atom stereocenters. The number of hydrogen-bond donors (Lipinski definition) is 1. The molecule has 0 rings (SSSR count). The third-order valence-corrected chi connectivity index (χ3v) is 12.9. The Labute approximate surface area is 448 Å². The fourth-order valence-electron chi connectivity index (χ4n) is 7.43. The molecule has 0 heterocycles. The molecule has 10 heteroatoms. The number of quaternary nitrogens is 1. The number of hydrogen-bond acceptors (Lipinski definition) is 7. The first kappa shape index (κ1) is 69.4. The number of carbonyl (C=O) groups is 2. The van der Waals surface area contributed by atoms with Crippen LogP contribution in [0, 0.1) is 0 Å². The van der Waals surface area contributed by atoms with Gasteiger partial charge in [-0.1, -0.05) is 213 Å². The number of unbranched alkanes of at least 4 members (excludes halogenated alkanes) is 16. The molecule has 0 fully saturated rings. The summed E-state index contributed by atoms with van der Waals surface area (Å²) in [5, 5.41) is 2.96. The molecule has 9 nitrogen and oxygen atoms in total. The molecule has 0 saturated carbocycles. The average molecular weight is 1040 g/mol. The largest absolute Gasteiger partial charge is 0.756 e. The summed E-state index contributed by atoms with van der Waals surface area (Å²) in [6, 6.07) is -0.945. The molecule has 0 saturated heterocycles. The summed E-state index contributed by atoms with van der Waals surface area (Å²) in [6.07, 6.45) is 71.8. The number of esters is 1. The molecule has 0 aliphatic rings.